The molecular weight excluding hydrogens is 320 g/mol. The van der Waals surface area contributed by atoms with E-state index in [1.165, 1.54) is 0 Å². The number of aliphatic hydroxyl groups is 1. The van der Waals surface area contributed by atoms with Gasteiger partial charge in [0.05, 0.1) is 5.57 Å². The summed E-state index contributed by atoms with van der Waals surface area (Å²) in [6.45, 7) is 9.45. The Balaban J connectivity index is 2.12. The number of carbonyl (C=O) groups excluding carboxylic acids is 2. The van der Waals surface area contributed by atoms with Crippen molar-refractivity contribution in [2.75, 3.05) is 0 Å². The van der Waals surface area contributed by atoms with Crippen LogP contribution in [-0.4, -0.2) is 28.9 Å². The van der Waals surface area contributed by atoms with Crippen LogP contribution in [0.4, 0.5) is 0 Å². The van der Waals surface area contributed by atoms with Crippen molar-refractivity contribution in [2.45, 2.75) is 72.2 Å². The normalized spacial score (nSPS) is 41.1. The Morgan fingerprint density at radius 3 is 2.72 bits per heavy atom. The van der Waals surface area contributed by atoms with E-state index in [1.54, 1.807) is 26.8 Å². The van der Waals surface area contributed by atoms with Gasteiger partial charge >= 0.3 is 11.9 Å². The summed E-state index contributed by atoms with van der Waals surface area (Å²) in [5.74, 6) is -2.12. The maximum Gasteiger partial charge on any atom is 0.336 e. The number of ether oxygens (including phenoxy) is 2. The highest BCUT2D eigenvalue weighted by Crippen LogP contribution is 2.60. The highest BCUT2D eigenvalue weighted by atomic mass is 16.7. The minimum absolute atomic E-state index is 0.132. The molecule has 25 heavy (non-hydrogen) atoms. The number of hydrogen-bond donors (Lipinski definition) is 1. The molecule has 3 aliphatic rings. The lowest BCUT2D eigenvalue weighted by molar-refractivity contribution is -0.225. The molecule has 2 fully saturated rings. The summed E-state index contributed by atoms with van der Waals surface area (Å²) in [4.78, 5) is 24.7. The molecule has 138 valence electrons. The highest BCUT2D eigenvalue weighted by Gasteiger charge is 2.64. The molecule has 0 aromatic rings. The fourth-order valence-corrected chi connectivity index (χ4v) is 4.88. The Kier molecular flexibility index (Phi) is 4.34. The summed E-state index contributed by atoms with van der Waals surface area (Å²) in [6, 6.07) is 0. The first-order chi connectivity index (χ1) is 11.6. The third-order valence-corrected chi connectivity index (χ3v) is 6.85. The molecule has 3 rings (SSSR count). The fraction of sp³-hybridized carbons (Fsp3) is 0.700. The van der Waals surface area contributed by atoms with Gasteiger partial charge in [-0.05, 0) is 39.0 Å². The molecule has 0 bridgehead atoms. The van der Waals surface area contributed by atoms with E-state index in [-0.39, 0.29) is 11.3 Å². The van der Waals surface area contributed by atoms with Crippen LogP contribution in [-0.2, 0) is 19.1 Å². The Morgan fingerprint density at radius 1 is 1.40 bits per heavy atom. The zero-order valence-electron chi connectivity index (χ0n) is 15.7. The van der Waals surface area contributed by atoms with Gasteiger partial charge in [-0.2, -0.15) is 0 Å². The van der Waals surface area contributed by atoms with Gasteiger partial charge in [0.2, 0.25) is 5.79 Å². The van der Waals surface area contributed by atoms with Gasteiger partial charge in [0, 0.05) is 23.0 Å². The summed E-state index contributed by atoms with van der Waals surface area (Å²) in [5, 5.41) is 11.1. The third-order valence-electron chi connectivity index (χ3n) is 6.85. The monoisotopic (exact) mass is 348 g/mol. The van der Waals surface area contributed by atoms with Gasteiger partial charge in [-0.3, -0.25) is 0 Å². The number of carbonyl (C=O) groups is 2. The van der Waals surface area contributed by atoms with Crippen molar-refractivity contribution >= 4 is 11.9 Å². The molecular formula is C20H28O5. The predicted molar refractivity (Wildman–Crippen MR) is 92.3 cm³/mol. The van der Waals surface area contributed by atoms with Gasteiger partial charge in [0.15, 0.2) is 0 Å². The van der Waals surface area contributed by atoms with E-state index in [0.29, 0.717) is 29.1 Å². The summed E-state index contributed by atoms with van der Waals surface area (Å²) in [5.41, 5.74) is 1.01. The zero-order chi connectivity index (χ0) is 18.6. The molecule has 0 saturated heterocycles. The third kappa shape index (κ3) is 2.55. The van der Waals surface area contributed by atoms with Crippen molar-refractivity contribution in [3.63, 3.8) is 0 Å². The van der Waals surface area contributed by atoms with Crippen LogP contribution in [0.15, 0.2) is 22.8 Å². The summed E-state index contributed by atoms with van der Waals surface area (Å²) in [6.07, 6.45) is 4.48. The molecule has 0 unspecified atom stereocenters. The van der Waals surface area contributed by atoms with Gasteiger partial charge in [-0.1, -0.05) is 32.8 Å². The smallest absolute Gasteiger partial charge is 0.336 e. The molecule has 0 amide bonds. The lowest BCUT2D eigenvalue weighted by Crippen LogP contribution is -2.59. The van der Waals surface area contributed by atoms with Crippen molar-refractivity contribution in [3.05, 3.63) is 22.8 Å². The summed E-state index contributed by atoms with van der Waals surface area (Å²) >= 11 is 0. The van der Waals surface area contributed by atoms with Crippen LogP contribution >= 0.6 is 0 Å². The van der Waals surface area contributed by atoms with E-state index in [9.17, 15) is 14.7 Å². The molecule has 5 nitrogen and oxygen atoms in total. The molecule has 1 heterocycles. The lowest BCUT2D eigenvalue weighted by Gasteiger charge is -2.56. The fourth-order valence-electron chi connectivity index (χ4n) is 4.88. The zero-order valence-corrected chi connectivity index (χ0v) is 15.7. The molecule has 2 saturated carbocycles. The standard InChI is InChI=1S/C20H28O5/c1-6-11(2)17(21)24-16-15-13(4)18(22)25-20(15,23)10-14-9-7-8-12(3)19(14,16)5/h6,12,14,16,23H,7-10H2,1-5H3/b11-6-/t12-,14+,16-,19+,20+/m0/s1. The molecule has 5 heteroatoms. The van der Waals surface area contributed by atoms with E-state index < -0.39 is 23.8 Å². The van der Waals surface area contributed by atoms with E-state index >= 15 is 0 Å². The Hall–Kier alpha value is -1.62. The van der Waals surface area contributed by atoms with E-state index in [2.05, 4.69) is 13.8 Å². The largest absolute Gasteiger partial charge is 0.454 e. The number of allylic oxidation sites excluding steroid dienone is 1. The Morgan fingerprint density at radius 2 is 2.08 bits per heavy atom. The molecule has 2 aliphatic carbocycles. The van der Waals surface area contributed by atoms with E-state index in [1.807, 2.05) is 0 Å². The topological polar surface area (TPSA) is 72.8 Å². The number of hydrogen-bond acceptors (Lipinski definition) is 5. The molecule has 0 aromatic carbocycles. The minimum Gasteiger partial charge on any atom is -0.454 e. The molecule has 1 N–H and O–H groups in total. The van der Waals surface area contributed by atoms with Gasteiger partial charge in [0.1, 0.15) is 6.10 Å². The van der Waals surface area contributed by atoms with Crippen LogP contribution in [0.25, 0.3) is 0 Å². The number of rotatable bonds is 2. The minimum atomic E-state index is -1.64. The maximum absolute atomic E-state index is 12.5. The van der Waals surface area contributed by atoms with Gasteiger partial charge in [-0.15, -0.1) is 0 Å². The number of fused-ring (bicyclic) bond motifs is 2. The van der Waals surface area contributed by atoms with Crippen molar-refractivity contribution in [1.82, 2.24) is 0 Å². The second-order valence-electron chi connectivity index (χ2n) is 8.07. The van der Waals surface area contributed by atoms with Crippen LogP contribution in [0.2, 0.25) is 0 Å². The van der Waals surface area contributed by atoms with E-state index in [0.717, 1.165) is 19.3 Å². The first-order valence-corrected chi connectivity index (χ1v) is 9.16. The summed E-state index contributed by atoms with van der Waals surface area (Å²) < 4.78 is 11.3. The van der Waals surface area contributed by atoms with Crippen molar-refractivity contribution in [3.8, 4) is 0 Å². The number of esters is 2. The molecule has 1 aliphatic heterocycles. The van der Waals surface area contributed by atoms with Crippen molar-refractivity contribution < 1.29 is 24.2 Å². The average molecular weight is 348 g/mol. The van der Waals surface area contributed by atoms with Crippen LogP contribution < -0.4 is 0 Å². The Bertz CT molecular complexity index is 676. The van der Waals surface area contributed by atoms with E-state index in [4.69, 9.17) is 9.47 Å². The van der Waals surface area contributed by atoms with Gasteiger partial charge in [-0.25, -0.2) is 9.59 Å². The predicted octanol–water partition coefficient (Wildman–Crippen LogP) is 3.27. The second-order valence-corrected chi connectivity index (χ2v) is 8.07. The Labute approximate surface area is 149 Å². The van der Waals surface area contributed by atoms with Crippen molar-refractivity contribution in [1.29, 1.82) is 0 Å². The van der Waals surface area contributed by atoms with Crippen molar-refractivity contribution in [2.24, 2.45) is 17.3 Å². The molecule has 5 atom stereocenters. The molecule has 0 spiro atoms. The van der Waals surface area contributed by atoms with Crippen LogP contribution in [0, 0.1) is 17.3 Å². The first kappa shape index (κ1) is 18.2. The molecule has 0 radical (unpaired) electrons. The quantitative estimate of drug-likeness (QED) is 0.612. The van der Waals surface area contributed by atoms with Gasteiger partial charge in [0.25, 0.3) is 0 Å². The average Bonchev–Trinajstić information content (AvgIpc) is 2.78. The highest BCUT2D eigenvalue weighted by molar-refractivity contribution is 5.93. The van der Waals surface area contributed by atoms with Gasteiger partial charge < -0.3 is 14.6 Å². The second kappa shape index (κ2) is 5.97. The SMILES string of the molecule is C/C=C(/C)C(=O)O[C@H]1C2=C(C)C(=O)O[C@]2(O)C[C@H]2CCC[C@H](C)[C@]21C. The maximum atomic E-state index is 12.5. The van der Waals surface area contributed by atoms with Crippen LogP contribution in [0.3, 0.4) is 0 Å². The summed E-state index contributed by atoms with van der Waals surface area (Å²) in [7, 11) is 0. The first-order valence-electron chi connectivity index (χ1n) is 9.16. The van der Waals surface area contributed by atoms with Crippen LogP contribution in [0.1, 0.15) is 60.3 Å². The molecule has 0 aromatic heterocycles. The van der Waals surface area contributed by atoms with Crippen LogP contribution in [0.5, 0.6) is 0 Å². The lowest BCUT2D eigenvalue weighted by atomic mass is 9.52.